The van der Waals surface area contributed by atoms with E-state index in [1.165, 1.54) is 19.1 Å². The molecule has 0 spiro atoms. The molecule has 0 aliphatic heterocycles. The fourth-order valence-electron chi connectivity index (χ4n) is 0.791. The molecule has 0 saturated carbocycles. The summed E-state index contributed by atoms with van der Waals surface area (Å²) in [6.45, 7) is 1.51. The van der Waals surface area contributed by atoms with E-state index < -0.39 is 15.8 Å². The highest BCUT2D eigenvalue weighted by Crippen LogP contribution is 2.08. The van der Waals surface area contributed by atoms with E-state index in [-0.39, 0.29) is 4.90 Å². The zero-order chi connectivity index (χ0) is 10.6. The fourth-order valence-corrected chi connectivity index (χ4v) is 1.64. The Morgan fingerprint density at radius 3 is 2.36 bits per heavy atom. The number of sulfonamides is 1. The second-order valence-electron chi connectivity index (χ2n) is 2.43. The molecule has 0 heterocycles. The smallest absolute Gasteiger partial charge is 0.238 e. The van der Waals surface area contributed by atoms with E-state index in [4.69, 9.17) is 0 Å². The van der Waals surface area contributed by atoms with Gasteiger partial charge in [0, 0.05) is 6.04 Å². The number of hydrogen-bond acceptors (Lipinski definition) is 2. The van der Waals surface area contributed by atoms with E-state index in [0.717, 1.165) is 12.1 Å². The highest BCUT2D eigenvalue weighted by Gasteiger charge is 2.11. The van der Waals surface area contributed by atoms with Crippen molar-refractivity contribution in [2.45, 2.75) is 11.8 Å². The van der Waals surface area contributed by atoms with Crippen molar-refractivity contribution >= 4 is 10.0 Å². The molecule has 1 aromatic carbocycles. The first kappa shape index (κ1) is 10.5. The molecule has 14 heavy (non-hydrogen) atoms. The van der Waals surface area contributed by atoms with Gasteiger partial charge >= 0.3 is 0 Å². The largest absolute Gasteiger partial charge is 0.268 e. The Hall–Kier alpha value is -1.54. The molecular weight excluding hydrogens is 205 g/mol. The number of nitrogens with one attached hydrogen (secondary N) is 1. The molecule has 0 radical (unpaired) electrons. The molecule has 0 bridgehead atoms. The standard InChI is InChI=1S/C9H8FNO2S/c1-2-7-11-14(12,13)9-5-3-8(10)4-6-9/h3-6,11H,1H3. The van der Waals surface area contributed by atoms with Crippen LogP contribution in [0.3, 0.4) is 0 Å². The van der Waals surface area contributed by atoms with Crippen molar-refractivity contribution < 1.29 is 12.8 Å². The van der Waals surface area contributed by atoms with Gasteiger partial charge in [0.25, 0.3) is 10.0 Å². The molecule has 0 aliphatic rings. The van der Waals surface area contributed by atoms with Crippen molar-refractivity contribution in [3.63, 3.8) is 0 Å². The summed E-state index contributed by atoms with van der Waals surface area (Å²) in [5.74, 6) is 1.91. The molecule has 5 heteroatoms. The summed E-state index contributed by atoms with van der Waals surface area (Å²) in [4.78, 5) is -0.0124. The third kappa shape index (κ3) is 2.47. The Bertz CT molecular complexity index is 468. The lowest BCUT2D eigenvalue weighted by atomic mass is 10.4. The van der Waals surface area contributed by atoms with Crippen LogP contribution in [-0.4, -0.2) is 8.42 Å². The Morgan fingerprint density at radius 1 is 1.29 bits per heavy atom. The van der Waals surface area contributed by atoms with E-state index in [1.807, 2.05) is 4.72 Å². The molecule has 0 saturated heterocycles. The lowest BCUT2D eigenvalue weighted by Gasteiger charge is -2.00. The molecule has 1 aromatic rings. The van der Waals surface area contributed by atoms with Gasteiger partial charge in [-0.25, -0.2) is 17.5 Å². The summed E-state index contributed by atoms with van der Waals surface area (Å²) >= 11 is 0. The summed E-state index contributed by atoms with van der Waals surface area (Å²) in [5.41, 5.74) is 0. The second-order valence-corrected chi connectivity index (χ2v) is 4.12. The summed E-state index contributed by atoms with van der Waals surface area (Å²) in [6, 6.07) is 6.73. The molecule has 0 fully saturated rings. The van der Waals surface area contributed by atoms with Gasteiger partial charge in [-0.15, -0.1) is 0 Å². The third-order valence-electron chi connectivity index (χ3n) is 1.43. The minimum atomic E-state index is -3.63. The van der Waals surface area contributed by atoms with Crippen molar-refractivity contribution in [1.82, 2.24) is 4.72 Å². The highest BCUT2D eigenvalue weighted by molar-refractivity contribution is 7.89. The maximum Gasteiger partial charge on any atom is 0.268 e. The first-order chi connectivity index (χ1) is 6.56. The fraction of sp³-hybridized carbons (Fsp3) is 0.111. The lowest BCUT2D eigenvalue weighted by Crippen LogP contribution is -2.18. The van der Waals surface area contributed by atoms with Gasteiger partial charge in [-0.1, -0.05) is 5.92 Å². The number of rotatable bonds is 2. The number of halogens is 1. The Balaban J connectivity index is 3.03. The zero-order valence-electron chi connectivity index (χ0n) is 7.41. The van der Waals surface area contributed by atoms with Crippen molar-refractivity contribution in [2.75, 3.05) is 0 Å². The summed E-state index contributed by atoms with van der Waals surface area (Å²) < 4.78 is 37.2. The van der Waals surface area contributed by atoms with Crippen LogP contribution >= 0.6 is 0 Å². The van der Waals surface area contributed by atoms with Crippen molar-refractivity contribution in [3.05, 3.63) is 30.1 Å². The molecular formula is C9H8FNO2S. The molecule has 3 nitrogen and oxygen atoms in total. The highest BCUT2D eigenvalue weighted by atomic mass is 32.2. The van der Waals surface area contributed by atoms with Gasteiger partial charge in [0.15, 0.2) is 0 Å². The first-order valence-electron chi connectivity index (χ1n) is 3.75. The summed E-state index contributed by atoms with van der Waals surface area (Å²) in [6.07, 6.45) is 0. The van der Waals surface area contributed by atoms with E-state index >= 15 is 0 Å². The molecule has 0 aliphatic carbocycles. The molecule has 0 amide bonds. The van der Waals surface area contributed by atoms with Gasteiger partial charge < -0.3 is 0 Å². The van der Waals surface area contributed by atoms with E-state index in [1.54, 1.807) is 0 Å². The summed E-state index contributed by atoms with van der Waals surface area (Å²) in [5, 5.41) is 0. The van der Waals surface area contributed by atoms with Crippen LogP contribution in [0.5, 0.6) is 0 Å². The molecule has 1 N–H and O–H groups in total. The van der Waals surface area contributed by atoms with Gasteiger partial charge in [-0.2, -0.15) is 0 Å². The number of benzene rings is 1. The van der Waals surface area contributed by atoms with Crippen molar-refractivity contribution in [3.8, 4) is 12.0 Å². The normalized spacial score (nSPS) is 10.1. The maximum atomic E-state index is 12.5. The quantitative estimate of drug-likeness (QED) is 0.590. The predicted octanol–water partition coefficient (Wildman–Crippen LogP) is 1.08. The van der Waals surface area contributed by atoms with Crippen LogP contribution in [0.1, 0.15) is 6.92 Å². The van der Waals surface area contributed by atoms with Gasteiger partial charge in [0.1, 0.15) is 5.82 Å². The Morgan fingerprint density at radius 2 is 1.86 bits per heavy atom. The molecule has 1 rings (SSSR count). The number of hydrogen-bond donors (Lipinski definition) is 1. The van der Waals surface area contributed by atoms with Crippen LogP contribution in [0.4, 0.5) is 4.39 Å². The maximum absolute atomic E-state index is 12.5. The Kier molecular flexibility index (Phi) is 3.10. The minimum Gasteiger partial charge on any atom is -0.238 e. The van der Waals surface area contributed by atoms with Gasteiger partial charge in [0.2, 0.25) is 0 Å². The van der Waals surface area contributed by atoms with Gasteiger partial charge in [-0.3, -0.25) is 0 Å². The van der Waals surface area contributed by atoms with Crippen LogP contribution in [0.15, 0.2) is 29.2 Å². The van der Waals surface area contributed by atoms with E-state index in [2.05, 4.69) is 12.0 Å². The first-order valence-corrected chi connectivity index (χ1v) is 5.24. The minimum absolute atomic E-state index is 0.0124. The molecule has 0 aromatic heterocycles. The predicted molar refractivity (Wildman–Crippen MR) is 50.2 cm³/mol. The lowest BCUT2D eigenvalue weighted by molar-refractivity contribution is 0.590. The molecule has 0 unspecified atom stereocenters. The van der Waals surface area contributed by atoms with Crippen LogP contribution in [0, 0.1) is 17.8 Å². The van der Waals surface area contributed by atoms with Gasteiger partial charge in [-0.05, 0) is 31.2 Å². The monoisotopic (exact) mass is 213 g/mol. The Labute approximate surface area is 82.0 Å². The zero-order valence-corrected chi connectivity index (χ0v) is 8.23. The van der Waals surface area contributed by atoms with Crippen LogP contribution in [0.25, 0.3) is 0 Å². The summed E-state index contributed by atoms with van der Waals surface area (Å²) in [7, 11) is -3.63. The van der Waals surface area contributed by atoms with Crippen molar-refractivity contribution in [2.24, 2.45) is 0 Å². The van der Waals surface area contributed by atoms with Gasteiger partial charge in [0.05, 0.1) is 4.90 Å². The topological polar surface area (TPSA) is 46.2 Å². The molecule has 0 atom stereocenters. The average Bonchev–Trinajstić information content (AvgIpc) is 2.16. The van der Waals surface area contributed by atoms with Crippen LogP contribution in [-0.2, 0) is 10.0 Å². The van der Waals surface area contributed by atoms with Crippen LogP contribution < -0.4 is 4.72 Å². The average molecular weight is 213 g/mol. The van der Waals surface area contributed by atoms with E-state index in [0.29, 0.717) is 0 Å². The molecule has 74 valence electrons. The second kappa shape index (κ2) is 4.11. The van der Waals surface area contributed by atoms with Crippen LogP contribution in [0.2, 0.25) is 0 Å². The SMILES string of the molecule is CC#CNS(=O)(=O)c1ccc(F)cc1. The van der Waals surface area contributed by atoms with E-state index in [9.17, 15) is 12.8 Å². The van der Waals surface area contributed by atoms with Crippen molar-refractivity contribution in [1.29, 1.82) is 0 Å². The third-order valence-corrected chi connectivity index (χ3v) is 2.70.